The molecule has 102 valence electrons. The summed E-state index contributed by atoms with van der Waals surface area (Å²) in [6.07, 6.45) is 0. The second-order valence-electron chi connectivity index (χ2n) is 4.53. The topological polar surface area (TPSA) is 29.9 Å². The number of methoxy groups -OCH3 is 1. The van der Waals surface area contributed by atoms with E-state index in [4.69, 9.17) is 17.0 Å². The van der Waals surface area contributed by atoms with Crippen LogP contribution in [0.4, 0.5) is 4.39 Å². The Kier molecular flexibility index (Phi) is 3.28. The van der Waals surface area contributed by atoms with Crippen molar-refractivity contribution in [2.24, 2.45) is 0 Å². The first kappa shape index (κ1) is 12.9. The second-order valence-corrected chi connectivity index (χ2v) is 4.91. The number of hydrogen-bond donors (Lipinski definition) is 1. The van der Waals surface area contributed by atoms with Crippen molar-refractivity contribution in [1.29, 1.82) is 0 Å². The third-order valence-electron chi connectivity index (χ3n) is 3.24. The van der Waals surface area contributed by atoms with Crippen molar-refractivity contribution in [2.45, 2.75) is 6.54 Å². The lowest BCUT2D eigenvalue weighted by molar-refractivity contribution is 0.415. The van der Waals surface area contributed by atoms with Gasteiger partial charge in [-0.2, -0.15) is 0 Å². The molecule has 3 aromatic rings. The zero-order valence-corrected chi connectivity index (χ0v) is 11.7. The monoisotopic (exact) mass is 288 g/mol. The van der Waals surface area contributed by atoms with Crippen LogP contribution in [0.1, 0.15) is 5.56 Å². The van der Waals surface area contributed by atoms with Crippen LogP contribution in [0.25, 0.3) is 11.0 Å². The molecule has 20 heavy (non-hydrogen) atoms. The van der Waals surface area contributed by atoms with Gasteiger partial charge in [-0.1, -0.05) is 12.1 Å². The van der Waals surface area contributed by atoms with Gasteiger partial charge in [0.15, 0.2) is 4.77 Å². The van der Waals surface area contributed by atoms with Crippen molar-refractivity contribution in [3.8, 4) is 5.75 Å². The van der Waals surface area contributed by atoms with Crippen LogP contribution in [0.15, 0.2) is 42.5 Å². The fourth-order valence-corrected chi connectivity index (χ4v) is 2.46. The molecule has 0 unspecified atom stereocenters. The van der Waals surface area contributed by atoms with Gasteiger partial charge >= 0.3 is 0 Å². The number of aromatic nitrogens is 2. The molecule has 0 radical (unpaired) electrons. The quantitative estimate of drug-likeness (QED) is 0.741. The molecular formula is C15H13FN2OS. The molecule has 0 saturated heterocycles. The van der Waals surface area contributed by atoms with E-state index in [-0.39, 0.29) is 5.82 Å². The molecule has 0 aliphatic rings. The van der Waals surface area contributed by atoms with Gasteiger partial charge in [0, 0.05) is 6.07 Å². The molecule has 0 aliphatic heterocycles. The van der Waals surface area contributed by atoms with E-state index in [2.05, 4.69) is 4.98 Å². The number of ether oxygens (including phenoxy) is 1. The number of aromatic amines is 1. The van der Waals surface area contributed by atoms with E-state index in [0.717, 1.165) is 22.3 Å². The summed E-state index contributed by atoms with van der Waals surface area (Å²) in [5.41, 5.74) is 2.92. The average molecular weight is 288 g/mol. The van der Waals surface area contributed by atoms with E-state index in [1.807, 2.05) is 22.8 Å². The van der Waals surface area contributed by atoms with Gasteiger partial charge in [-0.15, -0.1) is 0 Å². The predicted molar refractivity (Wildman–Crippen MR) is 79.2 cm³/mol. The third-order valence-corrected chi connectivity index (χ3v) is 3.56. The number of imidazole rings is 1. The number of nitrogens with zero attached hydrogens (tertiary/aromatic N) is 1. The van der Waals surface area contributed by atoms with Crippen molar-refractivity contribution in [3.05, 3.63) is 58.6 Å². The van der Waals surface area contributed by atoms with Crippen LogP contribution < -0.4 is 4.74 Å². The standard InChI is InChI=1S/C15H13FN2OS/c1-19-12-6-7-13-14(8-12)18(15(20)17-13)9-10-2-4-11(16)5-3-10/h2-8H,9H2,1H3,(H,17,20). The van der Waals surface area contributed by atoms with Crippen LogP contribution >= 0.6 is 12.2 Å². The highest BCUT2D eigenvalue weighted by atomic mass is 32.1. The second kappa shape index (κ2) is 5.09. The summed E-state index contributed by atoms with van der Waals surface area (Å²) in [7, 11) is 1.63. The Morgan fingerprint density at radius 1 is 1.20 bits per heavy atom. The molecule has 0 atom stereocenters. The van der Waals surface area contributed by atoms with Gasteiger partial charge in [-0.25, -0.2) is 4.39 Å². The Hall–Kier alpha value is -2.14. The lowest BCUT2D eigenvalue weighted by Crippen LogP contribution is -1.99. The summed E-state index contributed by atoms with van der Waals surface area (Å²) in [6, 6.07) is 12.2. The number of halogens is 1. The number of nitrogens with one attached hydrogen (secondary N) is 1. The van der Waals surface area contributed by atoms with Gasteiger partial charge in [0.1, 0.15) is 11.6 Å². The molecule has 2 aromatic carbocycles. The van der Waals surface area contributed by atoms with Gasteiger partial charge in [0.05, 0.1) is 24.7 Å². The molecule has 0 saturated carbocycles. The third kappa shape index (κ3) is 2.32. The van der Waals surface area contributed by atoms with Crippen LogP contribution in [0.5, 0.6) is 5.75 Å². The number of H-pyrrole nitrogens is 1. The highest BCUT2D eigenvalue weighted by molar-refractivity contribution is 7.71. The molecule has 0 amide bonds. The average Bonchev–Trinajstić information content (AvgIpc) is 2.77. The SMILES string of the molecule is COc1ccc2[nH]c(=S)n(Cc3ccc(F)cc3)c2c1. The van der Waals surface area contributed by atoms with Crippen LogP contribution in [-0.2, 0) is 6.54 Å². The van der Waals surface area contributed by atoms with E-state index in [0.29, 0.717) is 11.3 Å². The molecule has 3 nitrogen and oxygen atoms in total. The van der Waals surface area contributed by atoms with Crippen molar-refractivity contribution in [1.82, 2.24) is 9.55 Å². The number of rotatable bonds is 3. The summed E-state index contributed by atoms with van der Waals surface area (Å²) < 4.78 is 20.8. The Morgan fingerprint density at radius 3 is 2.65 bits per heavy atom. The molecule has 1 heterocycles. The molecular weight excluding hydrogens is 275 g/mol. The van der Waals surface area contributed by atoms with Crippen molar-refractivity contribution in [2.75, 3.05) is 7.11 Å². The smallest absolute Gasteiger partial charge is 0.178 e. The van der Waals surface area contributed by atoms with Gasteiger partial charge in [0.2, 0.25) is 0 Å². The van der Waals surface area contributed by atoms with Crippen LogP contribution in [-0.4, -0.2) is 16.7 Å². The van der Waals surface area contributed by atoms with E-state index in [1.54, 1.807) is 19.2 Å². The molecule has 1 N–H and O–H groups in total. The van der Waals surface area contributed by atoms with Gasteiger partial charge in [0.25, 0.3) is 0 Å². The molecule has 3 rings (SSSR count). The number of benzene rings is 2. The van der Waals surface area contributed by atoms with Crippen molar-refractivity contribution < 1.29 is 9.13 Å². The predicted octanol–water partition coefficient (Wildman–Crippen LogP) is 3.89. The Labute approximate surface area is 120 Å². The summed E-state index contributed by atoms with van der Waals surface area (Å²) in [4.78, 5) is 3.16. The van der Waals surface area contributed by atoms with Crippen LogP contribution in [0.2, 0.25) is 0 Å². The first-order chi connectivity index (χ1) is 9.67. The van der Waals surface area contributed by atoms with E-state index in [9.17, 15) is 4.39 Å². The summed E-state index contributed by atoms with van der Waals surface area (Å²) >= 11 is 5.35. The zero-order valence-electron chi connectivity index (χ0n) is 10.9. The maximum atomic E-state index is 12.9. The van der Waals surface area contributed by atoms with Gasteiger partial charge < -0.3 is 14.3 Å². The fourth-order valence-electron chi connectivity index (χ4n) is 2.19. The van der Waals surface area contributed by atoms with Gasteiger partial charge in [-0.05, 0) is 42.0 Å². The molecule has 0 bridgehead atoms. The first-order valence-electron chi connectivity index (χ1n) is 6.18. The normalized spacial score (nSPS) is 10.9. The van der Waals surface area contributed by atoms with Gasteiger partial charge in [-0.3, -0.25) is 0 Å². The van der Waals surface area contributed by atoms with E-state index < -0.39 is 0 Å². The number of fused-ring (bicyclic) bond motifs is 1. The first-order valence-corrected chi connectivity index (χ1v) is 6.59. The van der Waals surface area contributed by atoms with Crippen molar-refractivity contribution in [3.63, 3.8) is 0 Å². The van der Waals surface area contributed by atoms with E-state index >= 15 is 0 Å². The van der Waals surface area contributed by atoms with E-state index in [1.165, 1.54) is 12.1 Å². The maximum Gasteiger partial charge on any atom is 0.178 e. The Bertz CT molecular complexity index is 805. The largest absolute Gasteiger partial charge is 0.497 e. The Morgan fingerprint density at radius 2 is 1.95 bits per heavy atom. The maximum absolute atomic E-state index is 12.9. The minimum absolute atomic E-state index is 0.238. The summed E-state index contributed by atoms with van der Waals surface area (Å²) in [5.74, 6) is 0.539. The Balaban J connectivity index is 2.08. The molecule has 0 spiro atoms. The molecule has 5 heteroatoms. The molecule has 1 aromatic heterocycles. The molecule has 0 fully saturated rings. The lowest BCUT2D eigenvalue weighted by Gasteiger charge is -2.06. The minimum Gasteiger partial charge on any atom is -0.497 e. The zero-order chi connectivity index (χ0) is 14.1. The fraction of sp³-hybridized carbons (Fsp3) is 0.133. The molecule has 0 aliphatic carbocycles. The summed E-state index contributed by atoms with van der Waals surface area (Å²) in [6.45, 7) is 0.590. The highest BCUT2D eigenvalue weighted by Gasteiger charge is 2.06. The lowest BCUT2D eigenvalue weighted by atomic mass is 10.2. The minimum atomic E-state index is -0.238. The van der Waals surface area contributed by atoms with Crippen LogP contribution in [0, 0.1) is 10.6 Å². The van der Waals surface area contributed by atoms with Crippen LogP contribution in [0.3, 0.4) is 0 Å². The van der Waals surface area contributed by atoms with Crippen molar-refractivity contribution >= 4 is 23.3 Å². The number of hydrogen-bond acceptors (Lipinski definition) is 2. The highest BCUT2D eigenvalue weighted by Crippen LogP contribution is 2.21. The summed E-state index contributed by atoms with van der Waals surface area (Å²) in [5, 5.41) is 0.